The van der Waals surface area contributed by atoms with E-state index < -0.39 is 0 Å². The maximum atomic E-state index is 11.8. The van der Waals surface area contributed by atoms with Gasteiger partial charge in [-0.2, -0.15) is 5.10 Å². The van der Waals surface area contributed by atoms with Gasteiger partial charge in [0.15, 0.2) is 5.76 Å². The van der Waals surface area contributed by atoms with Crippen molar-refractivity contribution in [3.05, 3.63) is 30.2 Å². The van der Waals surface area contributed by atoms with Crippen molar-refractivity contribution in [3.8, 4) is 11.5 Å². The summed E-state index contributed by atoms with van der Waals surface area (Å²) in [5, 5.41) is 7.43. The third-order valence-electron chi connectivity index (χ3n) is 5.76. The number of aromatic nitrogens is 2. The molecule has 146 valence electrons. The highest BCUT2D eigenvalue weighted by molar-refractivity contribution is 5.67. The van der Waals surface area contributed by atoms with Crippen molar-refractivity contribution in [1.82, 2.24) is 20.0 Å². The summed E-state index contributed by atoms with van der Waals surface area (Å²) in [5.74, 6) is 1.86. The Bertz CT molecular complexity index is 783. The highest BCUT2D eigenvalue weighted by Crippen LogP contribution is 2.42. The number of nitrogens with zero attached hydrogens (tertiary/aromatic N) is 3. The number of amides is 1. The van der Waals surface area contributed by atoms with E-state index in [4.69, 9.17) is 9.15 Å². The van der Waals surface area contributed by atoms with Gasteiger partial charge in [-0.25, -0.2) is 4.79 Å². The molecule has 0 spiro atoms. The van der Waals surface area contributed by atoms with Gasteiger partial charge in [0.2, 0.25) is 0 Å². The fraction of sp³-hybridized carbons (Fsp3) is 0.600. The van der Waals surface area contributed by atoms with Crippen LogP contribution in [-0.4, -0.2) is 52.6 Å². The van der Waals surface area contributed by atoms with Gasteiger partial charge in [0.05, 0.1) is 6.26 Å². The molecule has 5 rings (SSSR count). The first-order valence-corrected chi connectivity index (χ1v) is 9.76. The summed E-state index contributed by atoms with van der Waals surface area (Å²) in [5.41, 5.74) is 2.15. The van der Waals surface area contributed by atoms with Crippen LogP contribution in [0.4, 0.5) is 4.79 Å². The fourth-order valence-electron chi connectivity index (χ4n) is 4.47. The largest absolute Gasteiger partial charge is 0.463 e. The van der Waals surface area contributed by atoms with Gasteiger partial charge in [0, 0.05) is 37.3 Å². The molecule has 1 unspecified atom stereocenters. The van der Waals surface area contributed by atoms with Crippen molar-refractivity contribution in [2.45, 2.75) is 44.7 Å². The molecule has 2 bridgehead atoms. The van der Waals surface area contributed by atoms with E-state index >= 15 is 0 Å². The molecule has 4 atom stereocenters. The van der Waals surface area contributed by atoms with Crippen molar-refractivity contribution in [2.24, 2.45) is 13.0 Å². The van der Waals surface area contributed by atoms with Gasteiger partial charge in [-0.3, -0.25) is 9.58 Å². The second-order valence-electron chi connectivity index (χ2n) is 7.99. The number of rotatable bonds is 5. The smallest absolute Gasteiger partial charge is 0.407 e. The zero-order chi connectivity index (χ0) is 19.0. The summed E-state index contributed by atoms with van der Waals surface area (Å²) in [6, 6.07) is 6.40. The number of carbonyl (C=O) groups is 1. The molecule has 3 fully saturated rings. The minimum absolute atomic E-state index is 0.0955. The summed E-state index contributed by atoms with van der Waals surface area (Å²) >= 11 is 0. The van der Waals surface area contributed by atoms with Crippen LogP contribution in [0.2, 0.25) is 0 Å². The number of hydrogen-bond acceptors (Lipinski definition) is 5. The lowest BCUT2D eigenvalue weighted by atomic mass is 9.74. The summed E-state index contributed by atoms with van der Waals surface area (Å²) < 4.78 is 12.9. The minimum Gasteiger partial charge on any atom is -0.463 e. The average molecular weight is 372 g/mol. The van der Waals surface area contributed by atoms with Crippen molar-refractivity contribution >= 4 is 6.09 Å². The summed E-state index contributed by atoms with van der Waals surface area (Å²) in [6.45, 7) is 6.39. The third kappa shape index (κ3) is 3.74. The van der Waals surface area contributed by atoms with Crippen LogP contribution in [0.1, 0.15) is 38.3 Å². The lowest BCUT2D eigenvalue weighted by Crippen LogP contribution is -2.54. The van der Waals surface area contributed by atoms with E-state index in [2.05, 4.69) is 21.4 Å². The Morgan fingerprint density at radius 1 is 1.48 bits per heavy atom. The van der Waals surface area contributed by atoms with Gasteiger partial charge in [0.25, 0.3) is 0 Å². The van der Waals surface area contributed by atoms with E-state index in [9.17, 15) is 4.79 Å². The number of fused-ring (bicyclic) bond motifs is 3. The lowest BCUT2D eigenvalue weighted by molar-refractivity contribution is -0.00441. The number of carbonyl (C=O) groups excluding carboxylic acids is 1. The average Bonchev–Trinajstić information content (AvgIpc) is 3.29. The van der Waals surface area contributed by atoms with Crippen LogP contribution >= 0.6 is 0 Å². The Hall–Kier alpha value is -2.28. The molecule has 2 aromatic heterocycles. The number of ether oxygens (including phenoxy) is 1. The van der Waals surface area contributed by atoms with Gasteiger partial charge >= 0.3 is 6.09 Å². The van der Waals surface area contributed by atoms with Crippen LogP contribution in [0.25, 0.3) is 11.5 Å². The van der Waals surface area contributed by atoms with Crippen LogP contribution in [0.15, 0.2) is 28.9 Å². The zero-order valence-electron chi connectivity index (χ0n) is 16.2. The molecule has 0 saturated carbocycles. The van der Waals surface area contributed by atoms with Crippen molar-refractivity contribution in [1.29, 1.82) is 0 Å². The molecule has 1 N–H and O–H groups in total. The molecule has 0 aromatic carbocycles. The van der Waals surface area contributed by atoms with E-state index in [-0.39, 0.29) is 12.1 Å². The Labute approximate surface area is 159 Å². The molecule has 0 radical (unpaired) electrons. The maximum Gasteiger partial charge on any atom is 0.407 e. The molecule has 7 heteroatoms. The second kappa shape index (κ2) is 7.38. The van der Waals surface area contributed by atoms with Crippen LogP contribution in [0.3, 0.4) is 0 Å². The van der Waals surface area contributed by atoms with Gasteiger partial charge in [-0.15, -0.1) is 0 Å². The molecule has 0 aliphatic carbocycles. The maximum absolute atomic E-state index is 11.8. The minimum atomic E-state index is -0.320. The number of aryl methyl sites for hydroxylation is 1. The Morgan fingerprint density at radius 3 is 3.00 bits per heavy atom. The summed E-state index contributed by atoms with van der Waals surface area (Å²) in [7, 11) is 2.01. The van der Waals surface area contributed by atoms with Crippen molar-refractivity contribution in [3.63, 3.8) is 0 Å². The number of piperidine rings is 3. The van der Waals surface area contributed by atoms with Gasteiger partial charge < -0.3 is 14.5 Å². The van der Waals surface area contributed by atoms with Crippen LogP contribution in [-0.2, 0) is 11.8 Å². The molecular formula is C20H28N4O3. The fourth-order valence-corrected chi connectivity index (χ4v) is 4.47. The van der Waals surface area contributed by atoms with Gasteiger partial charge in [0.1, 0.15) is 12.3 Å². The van der Waals surface area contributed by atoms with E-state index in [0.717, 1.165) is 31.0 Å². The third-order valence-corrected chi connectivity index (χ3v) is 5.76. The first kappa shape index (κ1) is 18.1. The zero-order valence-corrected chi connectivity index (χ0v) is 16.2. The monoisotopic (exact) mass is 372 g/mol. The molecule has 2 aromatic rings. The normalized spacial score (nSPS) is 27.1. The molecule has 3 aliphatic heterocycles. The molecule has 5 heterocycles. The van der Waals surface area contributed by atoms with E-state index in [0.29, 0.717) is 24.5 Å². The topological polar surface area (TPSA) is 72.5 Å². The first-order chi connectivity index (χ1) is 13.0. The first-order valence-electron chi connectivity index (χ1n) is 9.76. The van der Waals surface area contributed by atoms with E-state index in [1.807, 2.05) is 37.7 Å². The summed E-state index contributed by atoms with van der Waals surface area (Å²) in [6.07, 6.45) is 3.60. The predicted octanol–water partition coefficient (Wildman–Crippen LogP) is 2.99. The highest BCUT2D eigenvalue weighted by Gasteiger charge is 2.42. The highest BCUT2D eigenvalue weighted by atomic mass is 16.5. The second-order valence-corrected chi connectivity index (χ2v) is 7.99. The van der Waals surface area contributed by atoms with E-state index in [1.165, 1.54) is 12.1 Å². The molecule has 27 heavy (non-hydrogen) atoms. The Balaban J connectivity index is 1.41. The molecule has 3 aliphatic rings. The predicted molar refractivity (Wildman–Crippen MR) is 101 cm³/mol. The molecular weight excluding hydrogens is 344 g/mol. The van der Waals surface area contributed by atoms with E-state index in [1.54, 1.807) is 6.26 Å². The molecule has 1 amide bonds. The lowest BCUT2D eigenvalue weighted by Gasteiger charge is -2.49. The Kier molecular flexibility index (Phi) is 4.95. The quantitative estimate of drug-likeness (QED) is 0.873. The Morgan fingerprint density at radius 2 is 2.33 bits per heavy atom. The SMILES string of the molecule is CC(C)NC(=O)OC[C@H]1C[C@H]2CCN1C[C@@H]2c1cc(-c2ccco2)nn1C. The van der Waals surface area contributed by atoms with Crippen molar-refractivity contribution < 1.29 is 13.9 Å². The van der Waals surface area contributed by atoms with Gasteiger partial charge in [-0.05, 0) is 57.4 Å². The van der Waals surface area contributed by atoms with Crippen LogP contribution in [0, 0.1) is 5.92 Å². The number of alkyl carbamates (subject to hydrolysis) is 1. The standard InChI is InChI=1S/C20H28N4O3/c1-13(2)21-20(25)27-12-15-9-14-6-7-24(15)11-16(14)18-10-17(22-23(18)3)19-5-4-8-26-19/h4-5,8,10,13-16H,6-7,9,11-12H2,1-3H3,(H,21,25)/t14-,15-,16+/m1/s1. The number of nitrogens with one attached hydrogen (secondary N) is 1. The summed E-state index contributed by atoms with van der Waals surface area (Å²) in [4.78, 5) is 14.2. The molecule has 7 nitrogen and oxygen atoms in total. The van der Waals surface area contributed by atoms with Crippen molar-refractivity contribution in [2.75, 3.05) is 19.7 Å². The molecule has 3 saturated heterocycles. The van der Waals surface area contributed by atoms with Crippen LogP contribution < -0.4 is 5.32 Å². The van der Waals surface area contributed by atoms with Crippen LogP contribution in [0.5, 0.6) is 0 Å². The number of furan rings is 1. The van der Waals surface area contributed by atoms with Gasteiger partial charge in [-0.1, -0.05) is 0 Å². The number of hydrogen-bond donors (Lipinski definition) is 1.